The third-order valence-corrected chi connectivity index (χ3v) is 2.83. The summed E-state index contributed by atoms with van der Waals surface area (Å²) in [7, 11) is 0. The summed E-state index contributed by atoms with van der Waals surface area (Å²) in [6.07, 6.45) is -4.40. The van der Waals surface area contributed by atoms with Gasteiger partial charge in [0, 0.05) is 5.02 Å². The highest BCUT2D eigenvalue weighted by atomic mass is 35.5. The molecule has 0 aromatic heterocycles. The van der Waals surface area contributed by atoms with Crippen LogP contribution in [0.25, 0.3) is 0 Å². The third-order valence-electron chi connectivity index (χ3n) is 2.48. The van der Waals surface area contributed by atoms with E-state index in [-0.39, 0.29) is 13.0 Å². The van der Waals surface area contributed by atoms with Crippen molar-refractivity contribution in [1.82, 2.24) is 5.32 Å². The molecule has 0 saturated carbocycles. The Morgan fingerprint density at radius 3 is 2.47 bits per heavy atom. The Labute approximate surface area is 104 Å². The highest BCUT2D eigenvalue weighted by molar-refractivity contribution is 6.31. The van der Waals surface area contributed by atoms with Gasteiger partial charge in [-0.1, -0.05) is 30.7 Å². The maximum atomic E-state index is 12.7. The van der Waals surface area contributed by atoms with E-state index in [4.69, 9.17) is 11.6 Å². The van der Waals surface area contributed by atoms with Crippen LogP contribution in [0.15, 0.2) is 18.2 Å². The minimum atomic E-state index is -4.26. The molecule has 0 fully saturated rings. The van der Waals surface area contributed by atoms with Gasteiger partial charge in [-0.15, -0.1) is 0 Å². The lowest BCUT2D eigenvalue weighted by Crippen LogP contribution is -2.43. The fourth-order valence-corrected chi connectivity index (χ4v) is 1.90. The monoisotopic (exact) mass is 265 g/mol. The minimum absolute atomic E-state index is 0.142. The number of alkyl halides is 3. The maximum Gasteiger partial charge on any atom is 0.404 e. The van der Waals surface area contributed by atoms with Gasteiger partial charge in [-0.2, -0.15) is 13.2 Å². The van der Waals surface area contributed by atoms with E-state index in [2.05, 4.69) is 5.32 Å². The third kappa shape index (κ3) is 4.21. The van der Waals surface area contributed by atoms with Crippen molar-refractivity contribution >= 4 is 11.6 Å². The van der Waals surface area contributed by atoms with Crippen molar-refractivity contribution in [2.45, 2.75) is 32.5 Å². The zero-order chi connectivity index (χ0) is 13.1. The normalized spacial score (nSPS) is 13.8. The van der Waals surface area contributed by atoms with Crippen molar-refractivity contribution in [3.05, 3.63) is 34.3 Å². The van der Waals surface area contributed by atoms with Crippen LogP contribution in [0, 0.1) is 6.92 Å². The zero-order valence-corrected chi connectivity index (χ0v) is 10.5. The van der Waals surface area contributed by atoms with E-state index in [1.807, 2.05) is 6.92 Å². The van der Waals surface area contributed by atoms with E-state index in [9.17, 15) is 13.2 Å². The average molecular weight is 266 g/mol. The van der Waals surface area contributed by atoms with Crippen molar-refractivity contribution in [3.8, 4) is 0 Å². The van der Waals surface area contributed by atoms with Gasteiger partial charge in [-0.05, 0) is 37.1 Å². The van der Waals surface area contributed by atoms with Gasteiger partial charge >= 0.3 is 6.18 Å². The molecule has 1 aromatic rings. The first-order valence-electron chi connectivity index (χ1n) is 5.39. The first-order chi connectivity index (χ1) is 7.84. The summed E-state index contributed by atoms with van der Waals surface area (Å²) in [5, 5.41) is 2.82. The van der Waals surface area contributed by atoms with E-state index in [0.29, 0.717) is 10.6 Å². The minimum Gasteiger partial charge on any atom is -0.306 e. The Hall–Kier alpha value is -0.740. The van der Waals surface area contributed by atoms with Crippen LogP contribution in [0.4, 0.5) is 13.2 Å². The summed E-state index contributed by atoms with van der Waals surface area (Å²) in [6, 6.07) is 3.54. The molecule has 17 heavy (non-hydrogen) atoms. The summed E-state index contributed by atoms with van der Waals surface area (Å²) in [6.45, 7) is 3.77. The van der Waals surface area contributed by atoms with Crippen LogP contribution < -0.4 is 5.32 Å². The molecule has 0 radical (unpaired) electrons. The summed E-state index contributed by atoms with van der Waals surface area (Å²) >= 11 is 5.93. The molecule has 5 heteroatoms. The Morgan fingerprint density at radius 2 is 2.00 bits per heavy atom. The summed E-state index contributed by atoms with van der Waals surface area (Å²) in [4.78, 5) is 0. The molecule has 1 unspecified atom stereocenters. The number of rotatable bonds is 4. The van der Waals surface area contributed by atoms with Crippen molar-refractivity contribution in [2.75, 3.05) is 6.54 Å². The van der Waals surface area contributed by atoms with Gasteiger partial charge in [0.2, 0.25) is 0 Å². The molecule has 96 valence electrons. The molecule has 0 aliphatic carbocycles. The second-order valence-electron chi connectivity index (χ2n) is 3.95. The van der Waals surface area contributed by atoms with E-state index < -0.39 is 12.2 Å². The largest absolute Gasteiger partial charge is 0.404 e. The van der Waals surface area contributed by atoms with Crippen LogP contribution in [-0.4, -0.2) is 18.8 Å². The van der Waals surface area contributed by atoms with Gasteiger partial charge in [0.25, 0.3) is 0 Å². The first kappa shape index (κ1) is 14.3. The Bertz CT molecular complexity index is 377. The molecule has 0 saturated heterocycles. The van der Waals surface area contributed by atoms with Crippen LogP contribution in [-0.2, 0) is 6.42 Å². The molecular formula is C12H15ClF3N. The molecule has 1 nitrogen and oxygen atoms in total. The Kier molecular flexibility index (Phi) is 4.83. The van der Waals surface area contributed by atoms with E-state index in [0.717, 1.165) is 5.56 Å². The van der Waals surface area contributed by atoms with Gasteiger partial charge in [0.15, 0.2) is 0 Å². The molecule has 0 spiro atoms. The van der Waals surface area contributed by atoms with E-state index in [1.54, 1.807) is 25.1 Å². The van der Waals surface area contributed by atoms with Crippen LogP contribution in [0.1, 0.15) is 18.1 Å². The van der Waals surface area contributed by atoms with Crippen molar-refractivity contribution in [3.63, 3.8) is 0 Å². The fraction of sp³-hybridized carbons (Fsp3) is 0.500. The van der Waals surface area contributed by atoms with Crippen LogP contribution >= 0.6 is 11.6 Å². The average Bonchev–Trinajstić information content (AvgIpc) is 2.19. The summed E-state index contributed by atoms with van der Waals surface area (Å²) < 4.78 is 38.1. The molecule has 0 heterocycles. The van der Waals surface area contributed by atoms with Crippen LogP contribution in [0.5, 0.6) is 0 Å². The summed E-state index contributed by atoms with van der Waals surface area (Å²) in [5.74, 6) is 0. The Morgan fingerprint density at radius 1 is 1.35 bits per heavy atom. The van der Waals surface area contributed by atoms with Gasteiger partial charge in [0.1, 0.15) is 6.04 Å². The van der Waals surface area contributed by atoms with Gasteiger partial charge in [-0.3, -0.25) is 0 Å². The molecule has 1 rings (SSSR count). The number of benzene rings is 1. The number of hydrogen-bond donors (Lipinski definition) is 1. The number of hydrogen-bond acceptors (Lipinski definition) is 1. The molecule has 1 aromatic carbocycles. The smallest absolute Gasteiger partial charge is 0.306 e. The van der Waals surface area contributed by atoms with Crippen LogP contribution in [0.2, 0.25) is 5.02 Å². The molecule has 1 N–H and O–H groups in total. The predicted molar refractivity (Wildman–Crippen MR) is 63.4 cm³/mol. The molecule has 0 amide bonds. The first-order valence-corrected chi connectivity index (χ1v) is 5.77. The topological polar surface area (TPSA) is 12.0 Å². The van der Waals surface area contributed by atoms with Gasteiger partial charge in [0.05, 0.1) is 0 Å². The van der Waals surface area contributed by atoms with Gasteiger partial charge < -0.3 is 5.32 Å². The molecule has 1 atom stereocenters. The summed E-state index contributed by atoms with van der Waals surface area (Å²) in [5.41, 5.74) is 1.45. The number of aryl methyl sites for hydroxylation is 1. The lowest BCUT2D eigenvalue weighted by molar-refractivity contribution is -0.155. The van der Waals surface area contributed by atoms with Crippen molar-refractivity contribution < 1.29 is 13.2 Å². The number of halogens is 4. The van der Waals surface area contributed by atoms with Crippen molar-refractivity contribution in [1.29, 1.82) is 0 Å². The van der Waals surface area contributed by atoms with Crippen LogP contribution in [0.3, 0.4) is 0 Å². The SMILES string of the molecule is CCNC(Cc1ccc(C)cc1Cl)C(F)(F)F. The molecule has 0 aliphatic rings. The van der Waals surface area contributed by atoms with Crippen molar-refractivity contribution in [2.24, 2.45) is 0 Å². The highest BCUT2D eigenvalue weighted by Gasteiger charge is 2.39. The lowest BCUT2D eigenvalue weighted by Gasteiger charge is -2.21. The quantitative estimate of drug-likeness (QED) is 0.875. The maximum absolute atomic E-state index is 12.7. The lowest BCUT2D eigenvalue weighted by atomic mass is 10.0. The van der Waals surface area contributed by atoms with E-state index >= 15 is 0 Å². The van der Waals surface area contributed by atoms with Gasteiger partial charge in [-0.25, -0.2) is 0 Å². The number of nitrogens with one attached hydrogen (secondary N) is 1. The fourth-order valence-electron chi connectivity index (χ4n) is 1.59. The second kappa shape index (κ2) is 5.74. The molecule has 0 aliphatic heterocycles. The standard InChI is InChI=1S/C12H15ClF3N/c1-3-17-11(12(14,15)16)7-9-5-4-8(2)6-10(9)13/h4-6,11,17H,3,7H2,1-2H3. The zero-order valence-electron chi connectivity index (χ0n) is 9.74. The highest BCUT2D eigenvalue weighted by Crippen LogP contribution is 2.26. The Balaban J connectivity index is 2.86. The number of likely N-dealkylation sites (N-methyl/N-ethyl adjacent to an activating group) is 1. The van der Waals surface area contributed by atoms with E-state index in [1.165, 1.54) is 0 Å². The second-order valence-corrected chi connectivity index (χ2v) is 4.36. The predicted octanol–water partition coefficient (Wildman–Crippen LogP) is 3.73. The molecular weight excluding hydrogens is 251 g/mol. The molecule has 0 bridgehead atoms.